The highest BCUT2D eigenvalue weighted by atomic mass is 79.9. The standard InChI is InChI=1S/C18H23BrN4O/c1-13-11-14(5-7-16(13)19)22-18(24)17-8-6-15(12-21-17)20-9-4-10-23(2)3/h5-8,11-12,20H,4,9-10H2,1-3H3,(H,22,24). The average molecular weight is 391 g/mol. The van der Waals surface area contributed by atoms with Gasteiger partial charge in [-0.05, 0) is 69.9 Å². The van der Waals surface area contributed by atoms with Crippen molar-refractivity contribution in [3.05, 3.63) is 52.3 Å². The van der Waals surface area contributed by atoms with Gasteiger partial charge < -0.3 is 15.5 Å². The normalized spacial score (nSPS) is 10.7. The first-order valence-electron chi connectivity index (χ1n) is 7.88. The summed E-state index contributed by atoms with van der Waals surface area (Å²) >= 11 is 3.45. The van der Waals surface area contributed by atoms with Crippen LogP contribution in [0.4, 0.5) is 11.4 Å². The van der Waals surface area contributed by atoms with Gasteiger partial charge in [-0.1, -0.05) is 15.9 Å². The summed E-state index contributed by atoms with van der Waals surface area (Å²) in [5, 5.41) is 6.17. The third-order valence-electron chi connectivity index (χ3n) is 3.52. The van der Waals surface area contributed by atoms with Gasteiger partial charge in [0.15, 0.2) is 0 Å². The molecule has 128 valence electrons. The molecule has 1 aromatic heterocycles. The van der Waals surface area contributed by atoms with Crippen molar-refractivity contribution in [2.24, 2.45) is 0 Å². The highest BCUT2D eigenvalue weighted by Crippen LogP contribution is 2.20. The van der Waals surface area contributed by atoms with Crippen molar-refractivity contribution >= 4 is 33.2 Å². The monoisotopic (exact) mass is 390 g/mol. The van der Waals surface area contributed by atoms with E-state index in [1.165, 1.54) is 0 Å². The Labute approximate surface area is 151 Å². The summed E-state index contributed by atoms with van der Waals surface area (Å²) in [6.07, 6.45) is 2.75. The smallest absolute Gasteiger partial charge is 0.274 e. The molecule has 24 heavy (non-hydrogen) atoms. The molecule has 2 rings (SSSR count). The maximum absolute atomic E-state index is 12.2. The fourth-order valence-corrected chi connectivity index (χ4v) is 2.42. The Bertz CT molecular complexity index is 686. The zero-order valence-corrected chi connectivity index (χ0v) is 15.9. The van der Waals surface area contributed by atoms with Crippen LogP contribution in [0.5, 0.6) is 0 Å². The first-order chi connectivity index (χ1) is 11.5. The molecular formula is C18H23BrN4O. The van der Waals surface area contributed by atoms with E-state index in [-0.39, 0.29) is 5.91 Å². The number of amides is 1. The van der Waals surface area contributed by atoms with Gasteiger partial charge in [0.05, 0.1) is 11.9 Å². The minimum absolute atomic E-state index is 0.212. The molecule has 1 heterocycles. The summed E-state index contributed by atoms with van der Waals surface area (Å²) in [7, 11) is 4.11. The van der Waals surface area contributed by atoms with Crippen molar-refractivity contribution in [3.63, 3.8) is 0 Å². The molecule has 0 aliphatic carbocycles. The van der Waals surface area contributed by atoms with Crippen LogP contribution in [0.3, 0.4) is 0 Å². The third-order valence-corrected chi connectivity index (χ3v) is 4.41. The van der Waals surface area contributed by atoms with E-state index in [0.29, 0.717) is 5.69 Å². The summed E-state index contributed by atoms with van der Waals surface area (Å²) in [6, 6.07) is 9.30. The topological polar surface area (TPSA) is 57.3 Å². The number of aryl methyl sites for hydroxylation is 1. The van der Waals surface area contributed by atoms with E-state index in [0.717, 1.165) is 40.9 Å². The fraction of sp³-hybridized carbons (Fsp3) is 0.333. The summed E-state index contributed by atoms with van der Waals surface area (Å²) in [6.45, 7) is 3.89. The Hall–Kier alpha value is -1.92. The summed E-state index contributed by atoms with van der Waals surface area (Å²) in [5.41, 5.74) is 3.14. The first-order valence-corrected chi connectivity index (χ1v) is 8.67. The van der Waals surface area contributed by atoms with Crippen molar-refractivity contribution < 1.29 is 4.79 Å². The van der Waals surface area contributed by atoms with Crippen LogP contribution in [-0.4, -0.2) is 43.0 Å². The van der Waals surface area contributed by atoms with Crippen molar-refractivity contribution in [2.45, 2.75) is 13.3 Å². The van der Waals surface area contributed by atoms with Crippen LogP contribution in [0.25, 0.3) is 0 Å². The number of hydrogen-bond donors (Lipinski definition) is 2. The van der Waals surface area contributed by atoms with Crippen molar-refractivity contribution in [3.8, 4) is 0 Å². The zero-order chi connectivity index (χ0) is 17.5. The number of pyridine rings is 1. The maximum atomic E-state index is 12.2. The number of carbonyl (C=O) groups is 1. The van der Waals surface area contributed by atoms with Gasteiger partial charge in [-0.2, -0.15) is 0 Å². The molecule has 2 aromatic rings. The number of rotatable bonds is 7. The number of hydrogen-bond acceptors (Lipinski definition) is 4. The van der Waals surface area contributed by atoms with Gasteiger partial charge in [0.25, 0.3) is 5.91 Å². The minimum atomic E-state index is -0.212. The average Bonchev–Trinajstić information content (AvgIpc) is 2.55. The fourth-order valence-electron chi connectivity index (χ4n) is 2.18. The number of benzene rings is 1. The molecule has 1 amide bonds. The minimum Gasteiger partial charge on any atom is -0.384 e. The van der Waals surface area contributed by atoms with Crippen LogP contribution in [0.15, 0.2) is 41.0 Å². The lowest BCUT2D eigenvalue weighted by molar-refractivity contribution is 0.102. The molecule has 0 fully saturated rings. The lowest BCUT2D eigenvalue weighted by Gasteiger charge is -2.11. The molecule has 0 aliphatic rings. The van der Waals surface area contributed by atoms with E-state index < -0.39 is 0 Å². The second-order valence-electron chi connectivity index (χ2n) is 5.93. The second kappa shape index (κ2) is 8.80. The molecule has 5 nitrogen and oxygen atoms in total. The van der Waals surface area contributed by atoms with E-state index >= 15 is 0 Å². The molecule has 6 heteroatoms. The highest BCUT2D eigenvalue weighted by molar-refractivity contribution is 9.10. The van der Waals surface area contributed by atoms with Crippen LogP contribution in [0.2, 0.25) is 0 Å². The molecule has 0 saturated heterocycles. The van der Waals surface area contributed by atoms with Gasteiger partial charge in [-0.3, -0.25) is 4.79 Å². The molecule has 0 saturated carbocycles. The van der Waals surface area contributed by atoms with Gasteiger partial charge in [0, 0.05) is 16.7 Å². The van der Waals surface area contributed by atoms with Gasteiger partial charge in [0.1, 0.15) is 5.69 Å². The first kappa shape index (κ1) is 18.4. The molecule has 0 bridgehead atoms. The molecule has 0 spiro atoms. The van der Waals surface area contributed by atoms with Gasteiger partial charge in [-0.25, -0.2) is 4.98 Å². The molecular weight excluding hydrogens is 368 g/mol. The van der Waals surface area contributed by atoms with Crippen LogP contribution in [0, 0.1) is 6.92 Å². The van der Waals surface area contributed by atoms with E-state index in [9.17, 15) is 4.79 Å². The maximum Gasteiger partial charge on any atom is 0.274 e. The molecule has 1 aromatic carbocycles. The quantitative estimate of drug-likeness (QED) is 0.706. The van der Waals surface area contributed by atoms with Gasteiger partial charge >= 0.3 is 0 Å². The van der Waals surface area contributed by atoms with Crippen LogP contribution >= 0.6 is 15.9 Å². The highest BCUT2D eigenvalue weighted by Gasteiger charge is 2.08. The predicted octanol–water partition coefficient (Wildman–Crippen LogP) is 3.77. The molecule has 0 aliphatic heterocycles. The van der Waals surface area contributed by atoms with Crippen LogP contribution in [-0.2, 0) is 0 Å². The van der Waals surface area contributed by atoms with Gasteiger partial charge in [-0.15, -0.1) is 0 Å². The Balaban J connectivity index is 1.89. The van der Waals surface area contributed by atoms with Crippen LogP contribution in [0.1, 0.15) is 22.5 Å². The van der Waals surface area contributed by atoms with E-state index in [1.54, 1.807) is 12.3 Å². The Morgan fingerprint density at radius 3 is 2.58 bits per heavy atom. The van der Waals surface area contributed by atoms with Crippen molar-refractivity contribution in [1.82, 2.24) is 9.88 Å². The number of halogens is 1. The Morgan fingerprint density at radius 1 is 1.21 bits per heavy atom. The summed E-state index contributed by atoms with van der Waals surface area (Å²) < 4.78 is 1.02. The number of aromatic nitrogens is 1. The molecule has 0 atom stereocenters. The van der Waals surface area contributed by atoms with E-state index in [1.807, 2.05) is 31.2 Å². The second-order valence-corrected chi connectivity index (χ2v) is 6.79. The lowest BCUT2D eigenvalue weighted by Crippen LogP contribution is -2.16. The van der Waals surface area contributed by atoms with Gasteiger partial charge in [0.2, 0.25) is 0 Å². The number of carbonyl (C=O) groups excluding carboxylic acids is 1. The zero-order valence-electron chi connectivity index (χ0n) is 14.3. The number of anilines is 2. The Kier molecular flexibility index (Phi) is 6.75. The number of nitrogens with zero attached hydrogens (tertiary/aromatic N) is 2. The predicted molar refractivity (Wildman–Crippen MR) is 103 cm³/mol. The third kappa shape index (κ3) is 5.62. The lowest BCUT2D eigenvalue weighted by atomic mass is 10.2. The molecule has 2 N–H and O–H groups in total. The number of nitrogens with one attached hydrogen (secondary N) is 2. The largest absolute Gasteiger partial charge is 0.384 e. The SMILES string of the molecule is Cc1cc(NC(=O)c2ccc(NCCCN(C)C)cn2)ccc1Br. The van der Waals surface area contributed by atoms with E-state index in [4.69, 9.17) is 0 Å². The molecule has 0 unspecified atom stereocenters. The van der Waals surface area contributed by atoms with Crippen molar-refractivity contribution in [2.75, 3.05) is 37.8 Å². The Morgan fingerprint density at radius 2 is 1.96 bits per heavy atom. The van der Waals surface area contributed by atoms with Crippen molar-refractivity contribution in [1.29, 1.82) is 0 Å². The summed E-state index contributed by atoms with van der Waals surface area (Å²) in [5.74, 6) is -0.212. The van der Waals surface area contributed by atoms with Crippen LogP contribution < -0.4 is 10.6 Å². The molecule has 0 radical (unpaired) electrons. The van der Waals surface area contributed by atoms with E-state index in [2.05, 4.69) is 50.5 Å². The summed E-state index contributed by atoms with van der Waals surface area (Å²) in [4.78, 5) is 18.6.